The molecule has 1 aromatic heterocycles. The summed E-state index contributed by atoms with van der Waals surface area (Å²) < 4.78 is 15.4. The molecule has 5 nitrogen and oxygen atoms in total. The van der Waals surface area contributed by atoms with E-state index < -0.39 is 5.82 Å². The smallest absolute Gasteiger partial charge is 0.254 e. The predicted molar refractivity (Wildman–Crippen MR) is 85.9 cm³/mol. The van der Waals surface area contributed by atoms with Crippen LogP contribution in [0.25, 0.3) is 0 Å². The molecule has 2 heterocycles. The van der Waals surface area contributed by atoms with Crippen LogP contribution >= 0.6 is 11.6 Å². The van der Waals surface area contributed by atoms with Gasteiger partial charge < -0.3 is 5.32 Å². The van der Waals surface area contributed by atoms with Crippen molar-refractivity contribution in [2.45, 2.75) is 18.5 Å². The van der Waals surface area contributed by atoms with Crippen LogP contribution in [0.3, 0.4) is 0 Å². The number of likely N-dealkylation sites (tertiary alicyclic amines) is 1. The third-order valence-electron chi connectivity index (χ3n) is 4.22. The van der Waals surface area contributed by atoms with Crippen molar-refractivity contribution in [1.82, 2.24) is 20.0 Å². The summed E-state index contributed by atoms with van der Waals surface area (Å²) in [7, 11) is 3.73. The van der Waals surface area contributed by atoms with Crippen LogP contribution in [-0.4, -0.2) is 40.2 Å². The van der Waals surface area contributed by atoms with Gasteiger partial charge in [0.15, 0.2) is 0 Å². The lowest BCUT2D eigenvalue weighted by molar-refractivity contribution is 0.0927. The van der Waals surface area contributed by atoms with Crippen molar-refractivity contribution in [3.63, 3.8) is 0 Å². The number of nitrogens with zero attached hydrogens (tertiary/aromatic N) is 3. The molecule has 2 aromatic rings. The van der Waals surface area contributed by atoms with Gasteiger partial charge in [0.2, 0.25) is 0 Å². The van der Waals surface area contributed by atoms with Gasteiger partial charge in [-0.2, -0.15) is 5.10 Å². The van der Waals surface area contributed by atoms with Gasteiger partial charge in [0.25, 0.3) is 5.91 Å². The minimum atomic E-state index is -0.443. The van der Waals surface area contributed by atoms with Gasteiger partial charge >= 0.3 is 0 Å². The zero-order valence-electron chi connectivity index (χ0n) is 13.0. The number of benzene rings is 1. The second-order valence-electron chi connectivity index (χ2n) is 5.87. The largest absolute Gasteiger partial charge is 0.347 e. The molecule has 3 rings (SSSR count). The van der Waals surface area contributed by atoms with Crippen LogP contribution in [0.2, 0.25) is 5.02 Å². The average molecular weight is 337 g/mol. The van der Waals surface area contributed by atoms with Crippen molar-refractivity contribution < 1.29 is 9.18 Å². The van der Waals surface area contributed by atoms with Gasteiger partial charge in [-0.25, -0.2) is 4.39 Å². The van der Waals surface area contributed by atoms with Crippen LogP contribution < -0.4 is 5.32 Å². The van der Waals surface area contributed by atoms with E-state index >= 15 is 0 Å². The second kappa shape index (κ2) is 6.29. The number of halogens is 2. The first kappa shape index (κ1) is 16.0. The first-order valence-electron chi connectivity index (χ1n) is 7.40. The van der Waals surface area contributed by atoms with Gasteiger partial charge in [-0.05, 0) is 31.2 Å². The molecular formula is C16H18ClFN4O. The van der Waals surface area contributed by atoms with Gasteiger partial charge in [-0.3, -0.25) is 14.4 Å². The molecule has 1 aliphatic heterocycles. The zero-order chi connectivity index (χ0) is 16.6. The Hall–Kier alpha value is -1.92. The summed E-state index contributed by atoms with van der Waals surface area (Å²) in [6, 6.07) is 4.63. The highest BCUT2D eigenvalue weighted by molar-refractivity contribution is 6.30. The number of aryl methyl sites for hydroxylation is 1. The molecule has 1 amide bonds. The summed E-state index contributed by atoms with van der Waals surface area (Å²) in [5.74, 6) is -0.611. The average Bonchev–Trinajstić information content (AvgIpc) is 3.09. The molecule has 23 heavy (non-hydrogen) atoms. The van der Waals surface area contributed by atoms with Crippen LogP contribution in [0.4, 0.5) is 4.39 Å². The Morgan fingerprint density at radius 1 is 1.43 bits per heavy atom. The number of carbonyl (C=O) groups excluding carboxylic acids is 1. The Morgan fingerprint density at radius 2 is 2.22 bits per heavy atom. The van der Waals surface area contributed by atoms with E-state index in [2.05, 4.69) is 15.3 Å². The molecule has 1 fully saturated rings. The third kappa shape index (κ3) is 3.23. The highest BCUT2D eigenvalue weighted by atomic mass is 35.5. The first-order valence-corrected chi connectivity index (χ1v) is 7.78. The van der Waals surface area contributed by atoms with Crippen LogP contribution in [0.1, 0.15) is 28.4 Å². The lowest BCUT2D eigenvalue weighted by Gasteiger charge is -2.26. The zero-order valence-corrected chi connectivity index (χ0v) is 13.7. The molecule has 1 N–H and O–H groups in total. The summed E-state index contributed by atoms with van der Waals surface area (Å²) in [6.07, 6.45) is 4.01. The summed E-state index contributed by atoms with van der Waals surface area (Å²) in [6.45, 7) is 0.826. The topological polar surface area (TPSA) is 50.2 Å². The molecule has 7 heteroatoms. The first-order chi connectivity index (χ1) is 11.0. The Kier molecular flexibility index (Phi) is 4.37. The van der Waals surface area contributed by atoms with E-state index in [-0.39, 0.29) is 23.0 Å². The molecule has 0 radical (unpaired) electrons. The lowest BCUT2D eigenvalue weighted by Crippen LogP contribution is -2.38. The van der Waals surface area contributed by atoms with E-state index in [1.165, 1.54) is 12.3 Å². The summed E-state index contributed by atoms with van der Waals surface area (Å²) >= 11 is 5.76. The molecule has 0 aliphatic carbocycles. The minimum absolute atomic E-state index is 0.0811. The van der Waals surface area contributed by atoms with Crippen LogP contribution in [0.15, 0.2) is 30.6 Å². The monoisotopic (exact) mass is 336 g/mol. The van der Waals surface area contributed by atoms with E-state index in [1.807, 2.05) is 7.05 Å². The van der Waals surface area contributed by atoms with E-state index in [1.54, 1.807) is 30.1 Å². The quantitative estimate of drug-likeness (QED) is 0.936. The number of hydrogen-bond donors (Lipinski definition) is 1. The highest BCUT2D eigenvalue weighted by Crippen LogP contribution is 2.32. The number of amides is 1. The van der Waals surface area contributed by atoms with Gasteiger partial charge in [-0.1, -0.05) is 17.7 Å². The normalized spacial score (nSPS) is 21.6. The molecular weight excluding hydrogens is 319 g/mol. The standard InChI is InChI=1S/C16H18ClFN4O/c1-21-6-5-14(20-16(23)11-8-19-22(2)9-11)15(21)10-3-4-12(17)13(18)7-10/h3-4,7-9,14-15H,5-6H2,1-2H3,(H,20,23)/t14-,15+/m0/s1. The molecule has 0 unspecified atom stereocenters. The minimum Gasteiger partial charge on any atom is -0.347 e. The van der Waals surface area contributed by atoms with Crippen LogP contribution in [0, 0.1) is 5.82 Å². The number of hydrogen-bond acceptors (Lipinski definition) is 3. The van der Waals surface area contributed by atoms with Crippen molar-refractivity contribution in [3.8, 4) is 0 Å². The molecule has 0 spiro atoms. The van der Waals surface area contributed by atoms with Crippen molar-refractivity contribution >= 4 is 17.5 Å². The maximum Gasteiger partial charge on any atom is 0.254 e. The molecule has 1 aliphatic rings. The summed E-state index contributed by atoms with van der Waals surface area (Å²) in [4.78, 5) is 14.4. The molecule has 1 saturated heterocycles. The van der Waals surface area contributed by atoms with Gasteiger partial charge in [-0.15, -0.1) is 0 Å². The Balaban J connectivity index is 1.80. The van der Waals surface area contributed by atoms with Crippen molar-refractivity contribution in [2.75, 3.05) is 13.6 Å². The van der Waals surface area contributed by atoms with Crippen LogP contribution in [0.5, 0.6) is 0 Å². The fraction of sp³-hybridized carbons (Fsp3) is 0.375. The van der Waals surface area contributed by atoms with Crippen LogP contribution in [-0.2, 0) is 7.05 Å². The molecule has 0 saturated carbocycles. The molecule has 122 valence electrons. The van der Waals surface area contributed by atoms with E-state index in [9.17, 15) is 9.18 Å². The van der Waals surface area contributed by atoms with E-state index in [4.69, 9.17) is 11.6 Å². The third-order valence-corrected chi connectivity index (χ3v) is 4.52. The number of nitrogens with one attached hydrogen (secondary N) is 1. The number of aromatic nitrogens is 2. The van der Waals surface area contributed by atoms with Crippen molar-refractivity contribution in [1.29, 1.82) is 0 Å². The summed E-state index contributed by atoms with van der Waals surface area (Å²) in [5.41, 5.74) is 1.33. The maximum atomic E-state index is 13.8. The molecule has 0 bridgehead atoms. The number of carbonyl (C=O) groups is 1. The highest BCUT2D eigenvalue weighted by Gasteiger charge is 2.34. The second-order valence-corrected chi connectivity index (χ2v) is 6.28. The number of likely N-dealkylation sites (N-methyl/N-ethyl adjacent to an activating group) is 1. The summed E-state index contributed by atoms with van der Waals surface area (Å²) in [5, 5.41) is 7.14. The van der Waals surface area contributed by atoms with Gasteiger partial charge in [0.05, 0.1) is 28.9 Å². The van der Waals surface area contributed by atoms with Crippen molar-refractivity contribution in [2.24, 2.45) is 7.05 Å². The SMILES string of the molecule is CN1CC[C@H](NC(=O)c2cnn(C)c2)[C@H]1c1ccc(Cl)c(F)c1. The van der Waals surface area contributed by atoms with E-state index in [0.717, 1.165) is 18.5 Å². The fourth-order valence-electron chi connectivity index (χ4n) is 3.07. The Bertz CT molecular complexity index is 733. The predicted octanol–water partition coefficient (Wildman–Crippen LogP) is 2.39. The Labute approximate surface area is 139 Å². The molecule has 2 atom stereocenters. The van der Waals surface area contributed by atoms with E-state index in [0.29, 0.717) is 5.56 Å². The fourth-order valence-corrected chi connectivity index (χ4v) is 3.19. The van der Waals surface area contributed by atoms with Gasteiger partial charge in [0, 0.05) is 19.8 Å². The van der Waals surface area contributed by atoms with Gasteiger partial charge in [0.1, 0.15) is 5.82 Å². The lowest BCUT2D eigenvalue weighted by atomic mass is 10.00. The van der Waals surface area contributed by atoms with Crippen molar-refractivity contribution in [3.05, 3.63) is 52.6 Å². The molecule has 1 aromatic carbocycles. The maximum absolute atomic E-state index is 13.8. The Morgan fingerprint density at radius 3 is 2.87 bits per heavy atom. The number of rotatable bonds is 3.